The summed E-state index contributed by atoms with van der Waals surface area (Å²) in [6.45, 7) is 6.21. The van der Waals surface area contributed by atoms with Crippen LogP contribution in [0.1, 0.15) is 58.5 Å². The van der Waals surface area contributed by atoms with Crippen molar-refractivity contribution in [3.63, 3.8) is 0 Å². The Morgan fingerprint density at radius 3 is 2.18 bits per heavy atom. The Hall–Kier alpha value is -2.79. The standard InChI is InChI=1S/C23H24N2O3/c1-14-9-11-25(12-10-14)15(2)23(28)24-16-7-8-19-20(13-16)22(27)18-6-4-3-5-17(18)21(19)26/h3-8,13-15H,9-12H2,1-2H3,(H,24,28)/p+1/t15-/m0/s1. The Morgan fingerprint density at radius 2 is 1.54 bits per heavy atom. The van der Waals surface area contributed by atoms with E-state index < -0.39 is 0 Å². The van der Waals surface area contributed by atoms with Gasteiger partial charge in [-0.3, -0.25) is 14.4 Å². The zero-order valence-electron chi connectivity index (χ0n) is 16.2. The van der Waals surface area contributed by atoms with Gasteiger partial charge in [-0.15, -0.1) is 0 Å². The fourth-order valence-electron chi connectivity index (χ4n) is 4.18. The molecule has 5 heteroatoms. The molecular weight excluding hydrogens is 352 g/mol. The number of hydrogen-bond acceptors (Lipinski definition) is 3. The van der Waals surface area contributed by atoms with Crippen LogP contribution in [-0.2, 0) is 4.79 Å². The van der Waals surface area contributed by atoms with E-state index in [2.05, 4.69) is 12.2 Å². The highest BCUT2D eigenvalue weighted by atomic mass is 16.2. The zero-order valence-corrected chi connectivity index (χ0v) is 16.2. The van der Waals surface area contributed by atoms with Gasteiger partial charge in [0.25, 0.3) is 5.91 Å². The van der Waals surface area contributed by atoms with E-state index in [1.165, 1.54) is 4.90 Å². The molecule has 1 amide bonds. The first-order valence-electron chi connectivity index (χ1n) is 9.93. The monoisotopic (exact) mass is 377 g/mol. The fraction of sp³-hybridized carbons (Fsp3) is 0.348. The van der Waals surface area contributed by atoms with Crippen molar-refractivity contribution in [3.8, 4) is 0 Å². The molecule has 1 aliphatic heterocycles. The number of carbonyl (C=O) groups is 3. The average Bonchev–Trinajstić information content (AvgIpc) is 2.72. The van der Waals surface area contributed by atoms with Crippen molar-refractivity contribution in [2.75, 3.05) is 18.4 Å². The number of fused-ring (bicyclic) bond motifs is 2. The molecule has 2 aliphatic rings. The van der Waals surface area contributed by atoms with Crippen molar-refractivity contribution in [1.29, 1.82) is 0 Å². The molecule has 0 radical (unpaired) electrons. The van der Waals surface area contributed by atoms with Crippen molar-refractivity contribution in [1.82, 2.24) is 0 Å². The molecule has 4 rings (SSSR count). The van der Waals surface area contributed by atoms with Crippen LogP contribution in [0, 0.1) is 5.92 Å². The van der Waals surface area contributed by atoms with Crippen molar-refractivity contribution >= 4 is 23.2 Å². The first-order chi connectivity index (χ1) is 13.5. The Bertz CT molecular complexity index is 958. The second-order valence-corrected chi connectivity index (χ2v) is 8.02. The van der Waals surface area contributed by atoms with Gasteiger partial charge in [0.15, 0.2) is 17.6 Å². The number of rotatable bonds is 3. The smallest absolute Gasteiger partial charge is 0.282 e. The largest absolute Gasteiger partial charge is 0.325 e. The summed E-state index contributed by atoms with van der Waals surface area (Å²) in [6, 6.07) is 11.7. The average molecular weight is 377 g/mol. The van der Waals surface area contributed by atoms with E-state index in [9.17, 15) is 14.4 Å². The third kappa shape index (κ3) is 3.27. The Morgan fingerprint density at radius 1 is 0.964 bits per heavy atom. The number of benzene rings is 2. The van der Waals surface area contributed by atoms with Gasteiger partial charge in [0.1, 0.15) is 0 Å². The summed E-state index contributed by atoms with van der Waals surface area (Å²) in [5, 5.41) is 2.94. The van der Waals surface area contributed by atoms with Gasteiger partial charge in [0.2, 0.25) is 0 Å². The normalized spacial score (nSPS) is 22.2. The number of hydrogen-bond donors (Lipinski definition) is 2. The van der Waals surface area contributed by atoms with Crippen LogP contribution in [0.3, 0.4) is 0 Å². The Labute approximate surface area is 164 Å². The van der Waals surface area contributed by atoms with Gasteiger partial charge in [0, 0.05) is 27.9 Å². The van der Waals surface area contributed by atoms with Gasteiger partial charge >= 0.3 is 0 Å². The topological polar surface area (TPSA) is 67.7 Å². The third-order valence-corrected chi connectivity index (χ3v) is 6.11. The first-order valence-corrected chi connectivity index (χ1v) is 9.93. The van der Waals surface area contributed by atoms with Crippen LogP contribution in [0.2, 0.25) is 0 Å². The minimum Gasteiger partial charge on any atom is -0.325 e. The van der Waals surface area contributed by atoms with Gasteiger partial charge in [-0.25, -0.2) is 0 Å². The second kappa shape index (κ2) is 7.32. The van der Waals surface area contributed by atoms with Gasteiger partial charge in [-0.1, -0.05) is 31.2 Å². The summed E-state index contributed by atoms with van der Waals surface area (Å²) < 4.78 is 0. The number of ketones is 2. The number of piperidine rings is 1. The van der Waals surface area contributed by atoms with Crippen molar-refractivity contribution in [2.45, 2.75) is 32.7 Å². The molecule has 0 unspecified atom stereocenters. The van der Waals surface area contributed by atoms with E-state index >= 15 is 0 Å². The first kappa shape index (κ1) is 18.6. The number of amides is 1. The number of nitrogens with one attached hydrogen (secondary N) is 2. The molecule has 1 saturated heterocycles. The van der Waals surface area contributed by atoms with Crippen LogP contribution in [0.4, 0.5) is 5.69 Å². The fourth-order valence-corrected chi connectivity index (χ4v) is 4.18. The lowest BCUT2D eigenvalue weighted by Gasteiger charge is -2.31. The van der Waals surface area contributed by atoms with Crippen LogP contribution < -0.4 is 10.2 Å². The highest BCUT2D eigenvalue weighted by Gasteiger charge is 2.31. The lowest BCUT2D eigenvalue weighted by Crippen LogP contribution is -3.17. The SMILES string of the molecule is CC1CC[NH+]([C@@H](C)C(=O)Nc2ccc3c(c2)C(=O)c2ccccc2C3=O)CC1. The molecule has 2 aromatic rings. The molecule has 28 heavy (non-hydrogen) atoms. The van der Waals surface area contributed by atoms with E-state index in [1.807, 2.05) is 6.92 Å². The molecule has 0 spiro atoms. The Kier molecular flexibility index (Phi) is 4.85. The molecular formula is C23H25N2O3+. The lowest BCUT2D eigenvalue weighted by atomic mass is 9.84. The maximum absolute atomic E-state index is 12.8. The minimum atomic E-state index is -0.176. The van der Waals surface area contributed by atoms with Crippen molar-refractivity contribution < 1.29 is 19.3 Å². The van der Waals surface area contributed by atoms with Crippen molar-refractivity contribution in [2.24, 2.45) is 5.92 Å². The number of carbonyl (C=O) groups excluding carboxylic acids is 3. The van der Waals surface area contributed by atoms with Crippen LogP contribution >= 0.6 is 0 Å². The second-order valence-electron chi connectivity index (χ2n) is 8.02. The summed E-state index contributed by atoms with van der Waals surface area (Å²) in [4.78, 5) is 39.5. The molecule has 144 valence electrons. The van der Waals surface area contributed by atoms with E-state index in [4.69, 9.17) is 0 Å². The molecule has 1 atom stereocenters. The van der Waals surface area contributed by atoms with Gasteiger partial charge in [0.05, 0.1) is 13.1 Å². The maximum Gasteiger partial charge on any atom is 0.282 e. The third-order valence-electron chi connectivity index (χ3n) is 6.11. The van der Waals surface area contributed by atoms with Crippen LogP contribution in [0.5, 0.6) is 0 Å². The lowest BCUT2D eigenvalue weighted by molar-refractivity contribution is -0.919. The summed E-state index contributed by atoms with van der Waals surface area (Å²) in [7, 11) is 0. The molecule has 2 N–H and O–H groups in total. The van der Waals surface area contributed by atoms with E-state index in [1.54, 1.807) is 42.5 Å². The molecule has 5 nitrogen and oxygen atoms in total. The summed E-state index contributed by atoms with van der Waals surface area (Å²) in [5.41, 5.74) is 2.16. The molecule has 0 saturated carbocycles. The summed E-state index contributed by atoms with van der Waals surface area (Å²) >= 11 is 0. The molecule has 1 fully saturated rings. The zero-order chi connectivity index (χ0) is 19.8. The predicted molar refractivity (Wildman–Crippen MR) is 107 cm³/mol. The van der Waals surface area contributed by atoms with Gasteiger partial charge in [-0.2, -0.15) is 0 Å². The van der Waals surface area contributed by atoms with Crippen molar-refractivity contribution in [3.05, 3.63) is 64.7 Å². The Balaban J connectivity index is 1.54. The van der Waals surface area contributed by atoms with Crippen LogP contribution in [0.15, 0.2) is 42.5 Å². The van der Waals surface area contributed by atoms with E-state index in [-0.39, 0.29) is 23.5 Å². The van der Waals surface area contributed by atoms with Gasteiger partial charge in [-0.05, 0) is 43.9 Å². The summed E-state index contributed by atoms with van der Waals surface area (Å²) in [6.07, 6.45) is 2.28. The molecule has 0 bridgehead atoms. The quantitative estimate of drug-likeness (QED) is 0.735. The number of likely N-dealkylation sites (tertiary alicyclic amines) is 1. The maximum atomic E-state index is 12.8. The van der Waals surface area contributed by atoms with E-state index in [0.717, 1.165) is 31.8 Å². The molecule has 1 aliphatic carbocycles. The molecule has 1 heterocycles. The van der Waals surface area contributed by atoms with Crippen LogP contribution in [0.25, 0.3) is 0 Å². The summed E-state index contributed by atoms with van der Waals surface area (Å²) in [5.74, 6) is 0.346. The predicted octanol–water partition coefficient (Wildman–Crippen LogP) is 2.10. The number of anilines is 1. The molecule has 2 aromatic carbocycles. The highest BCUT2D eigenvalue weighted by molar-refractivity contribution is 6.28. The highest BCUT2D eigenvalue weighted by Crippen LogP contribution is 2.29. The number of quaternary nitrogens is 1. The minimum absolute atomic E-state index is 0.0560. The van der Waals surface area contributed by atoms with Gasteiger partial charge < -0.3 is 10.2 Å². The van der Waals surface area contributed by atoms with E-state index in [0.29, 0.717) is 27.9 Å². The molecule has 0 aromatic heterocycles. The van der Waals surface area contributed by atoms with Crippen LogP contribution in [-0.4, -0.2) is 36.6 Å².